The van der Waals surface area contributed by atoms with Crippen LogP contribution in [0.5, 0.6) is 0 Å². The van der Waals surface area contributed by atoms with Crippen molar-refractivity contribution in [2.75, 3.05) is 0 Å². The van der Waals surface area contributed by atoms with Crippen LogP contribution in [-0.2, 0) is 14.4 Å². The molecule has 0 heterocycles. The van der Waals surface area contributed by atoms with E-state index in [2.05, 4.69) is 12.2 Å². The molecule has 0 aliphatic rings. The number of Topliss-reactive ketones (excluding diaryl/α,β-unsaturated/α-hetero) is 1. The van der Waals surface area contributed by atoms with Crippen molar-refractivity contribution in [1.82, 2.24) is 5.32 Å². The average molecular weight is 285 g/mol. The van der Waals surface area contributed by atoms with Crippen molar-refractivity contribution in [2.45, 2.75) is 71.8 Å². The first-order chi connectivity index (χ1) is 9.38. The smallest absolute Gasteiger partial charge is 0.305 e. The number of rotatable bonds is 11. The van der Waals surface area contributed by atoms with Crippen LogP contribution < -0.4 is 5.32 Å². The Morgan fingerprint density at radius 3 is 2.15 bits per heavy atom. The summed E-state index contributed by atoms with van der Waals surface area (Å²) < 4.78 is 0. The maximum atomic E-state index is 11.9. The normalized spacial score (nSPS) is 12.2. The van der Waals surface area contributed by atoms with Crippen LogP contribution in [0.4, 0.5) is 0 Å². The lowest BCUT2D eigenvalue weighted by Crippen LogP contribution is -2.44. The number of carboxylic acids is 1. The molecular weight excluding hydrogens is 258 g/mol. The monoisotopic (exact) mass is 285 g/mol. The molecule has 5 heteroatoms. The Balaban J connectivity index is 4.18. The fraction of sp³-hybridized carbons (Fsp3) is 0.800. The van der Waals surface area contributed by atoms with Gasteiger partial charge in [-0.2, -0.15) is 0 Å². The van der Waals surface area contributed by atoms with Gasteiger partial charge >= 0.3 is 5.97 Å². The zero-order valence-corrected chi connectivity index (χ0v) is 12.8. The van der Waals surface area contributed by atoms with Gasteiger partial charge in [0, 0.05) is 12.3 Å². The predicted octanol–water partition coefficient (Wildman–Crippen LogP) is 2.53. The highest BCUT2D eigenvalue weighted by Gasteiger charge is 2.25. The molecule has 0 aromatic rings. The molecular formula is C15H27NO4. The molecule has 0 aromatic carbocycles. The van der Waals surface area contributed by atoms with E-state index in [4.69, 9.17) is 5.11 Å². The number of ketones is 1. The number of carboxylic acid groups (broad SMARTS) is 1. The van der Waals surface area contributed by atoms with Gasteiger partial charge in [0.2, 0.25) is 5.91 Å². The van der Waals surface area contributed by atoms with E-state index in [1.165, 1.54) is 0 Å². The minimum Gasteiger partial charge on any atom is -0.481 e. The number of carbonyl (C=O) groups excluding carboxylic acids is 2. The Bertz CT molecular complexity index is 326. The summed E-state index contributed by atoms with van der Waals surface area (Å²) in [5.74, 6) is -1.83. The van der Waals surface area contributed by atoms with Crippen LogP contribution >= 0.6 is 0 Å². The third-order valence-electron chi connectivity index (χ3n) is 3.13. The SMILES string of the molecule is CCCCCCCC(=O)N[C@@H](CC(=O)O)C(=O)C(C)C. The maximum Gasteiger partial charge on any atom is 0.305 e. The second-order valence-corrected chi connectivity index (χ2v) is 5.44. The Labute approximate surface area is 121 Å². The molecule has 0 unspecified atom stereocenters. The zero-order valence-electron chi connectivity index (χ0n) is 12.8. The van der Waals surface area contributed by atoms with Gasteiger partial charge in [0.1, 0.15) is 0 Å². The molecule has 1 atom stereocenters. The summed E-state index contributed by atoms with van der Waals surface area (Å²) in [4.78, 5) is 34.3. The van der Waals surface area contributed by atoms with Crippen LogP contribution in [0.2, 0.25) is 0 Å². The minimum atomic E-state index is -1.08. The zero-order chi connectivity index (χ0) is 15.5. The van der Waals surface area contributed by atoms with Gasteiger partial charge in [0.05, 0.1) is 12.5 Å². The highest BCUT2D eigenvalue weighted by Crippen LogP contribution is 2.07. The van der Waals surface area contributed by atoms with Gasteiger partial charge in [-0.3, -0.25) is 14.4 Å². The molecule has 0 rings (SSSR count). The Morgan fingerprint density at radius 2 is 1.65 bits per heavy atom. The molecule has 2 N–H and O–H groups in total. The first-order valence-electron chi connectivity index (χ1n) is 7.43. The van der Waals surface area contributed by atoms with Gasteiger partial charge < -0.3 is 10.4 Å². The largest absolute Gasteiger partial charge is 0.481 e. The second kappa shape index (κ2) is 10.4. The summed E-state index contributed by atoms with van der Waals surface area (Å²) in [6.45, 7) is 5.53. The number of nitrogens with one attached hydrogen (secondary N) is 1. The number of hydrogen-bond acceptors (Lipinski definition) is 3. The Hall–Kier alpha value is -1.39. The molecule has 0 fully saturated rings. The van der Waals surface area contributed by atoms with Crippen molar-refractivity contribution in [3.8, 4) is 0 Å². The first-order valence-corrected chi connectivity index (χ1v) is 7.43. The predicted molar refractivity (Wildman–Crippen MR) is 77.4 cm³/mol. The lowest BCUT2D eigenvalue weighted by atomic mass is 9.99. The molecule has 20 heavy (non-hydrogen) atoms. The number of aliphatic carboxylic acids is 1. The molecule has 0 spiro atoms. The Morgan fingerprint density at radius 1 is 1.05 bits per heavy atom. The molecule has 5 nitrogen and oxygen atoms in total. The van der Waals surface area contributed by atoms with Gasteiger partial charge in [-0.15, -0.1) is 0 Å². The van der Waals surface area contributed by atoms with Gasteiger partial charge in [-0.25, -0.2) is 0 Å². The van der Waals surface area contributed by atoms with Gasteiger partial charge in [0.15, 0.2) is 5.78 Å². The van der Waals surface area contributed by atoms with Crippen LogP contribution in [0.1, 0.15) is 65.7 Å². The van der Waals surface area contributed by atoms with Crippen LogP contribution in [-0.4, -0.2) is 28.8 Å². The molecule has 0 aromatic heterocycles. The number of unbranched alkanes of at least 4 members (excludes halogenated alkanes) is 4. The number of carbonyl (C=O) groups is 3. The second-order valence-electron chi connectivity index (χ2n) is 5.44. The maximum absolute atomic E-state index is 11.9. The standard InChI is InChI=1S/C15H27NO4/c1-4-5-6-7-8-9-13(17)16-12(10-14(18)19)15(20)11(2)3/h11-12H,4-10H2,1-3H3,(H,16,17)(H,18,19)/t12-/m0/s1. The van der Waals surface area contributed by atoms with Crippen LogP contribution in [0, 0.1) is 5.92 Å². The van der Waals surface area contributed by atoms with Crippen LogP contribution in [0.25, 0.3) is 0 Å². The lowest BCUT2D eigenvalue weighted by Gasteiger charge is -2.17. The molecule has 0 aliphatic heterocycles. The van der Waals surface area contributed by atoms with E-state index in [1.54, 1.807) is 13.8 Å². The Kier molecular flexibility index (Phi) is 9.68. The van der Waals surface area contributed by atoms with Crippen molar-refractivity contribution in [3.05, 3.63) is 0 Å². The number of hydrogen-bond donors (Lipinski definition) is 2. The first kappa shape index (κ1) is 18.6. The third-order valence-corrected chi connectivity index (χ3v) is 3.13. The topological polar surface area (TPSA) is 83.5 Å². The summed E-state index contributed by atoms with van der Waals surface area (Å²) in [7, 11) is 0. The molecule has 1 amide bonds. The van der Waals surface area contributed by atoms with Gasteiger partial charge in [-0.05, 0) is 6.42 Å². The van der Waals surface area contributed by atoms with E-state index in [0.717, 1.165) is 32.1 Å². The fourth-order valence-electron chi connectivity index (χ4n) is 1.96. The molecule has 0 bridgehead atoms. The fourth-order valence-corrected chi connectivity index (χ4v) is 1.96. The molecule has 0 saturated heterocycles. The van der Waals surface area contributed by atoms with Crippen LogP contribution in [0.3, 0.4) is 0 Å². The molecule has 0 aliphatic carbocycles. The van der Waals surface area contributed by atoms with E-state index in [0.29, 0.717) is 6.42 Å². The van der Waals surface area contributed by atoms with Gasteiger partial charge in [-0.1, -0.05) is 46.5 Å². The van der Waals surface area contributed by atoms with E-state index in [1.807, 2.05) is 0 Å². The quantitative estimate of drug-likeness (QED) is 0.571. The molecule has 0 saturated carbocycles. The summed E-state index contributed by atoms with van der Waals surface area (Å²) in [6, 6.07) is -0.907. The average Bonchev–Trinajstić information content (AvgIpc) is 2.36. The van der Waals surface area contributed by atoms with E-state index in [-0.39, 0.29) is 24.0 Å². The van der Waals surface area contributed by atoms with Crippen molar-refractivity contribution in [2.24, 2.45) is 5.92 Å². The molecule has 116 valence electrons. The van der Waals surface area contributed by atoms with Gasteiger partial charge in [0.25, 0.3) is 0 Å². The van der Waals surface area contributed by atoms with Crippen molar-refractivity contribution < 1.29 is 19.5 Å². The number of amides is 1. The lowest BCUT2D eigenvalue weighted by molar-refractivity contribution is -0.140. The van der Waals surface area contributed by atoms with Crippen molar-refractivity contribution in [1.29, 1.82) is 0 Å². The van der Waals surface area contributed by atoms with E-state index >= 15 is 0 Å². The van der Waals surface area contributed by atoms with Crippen molar-refractivity contribution in [3.63, 3.8) is 0 Å². The van der Waals surface area contributed by atoms with E-state index in [9.17, 15) is 14.4 Å². The third kappa shape index (κ3) is 8.67. The van der Waals surface area contributed by atoms with E-state index < -0.39 is 12.0 Å². The highest BCUT2D eigenvalue weighted by molar-refractivity contribution is 5.92. The molecule has 0 radical (unpaired) electrons. The summed E-state index contributed by atoms with van der Waals surface area (Å²) in [5, 5.41) is 11.3. The summed E-state index contributed by atoms with van der Waals surface area (Å²) >= 11 is 0. The summed E-state index contributed by atoms with van der Waals surface area (Å²) in [6.07, 6.45) is 5.19. The summed E-state index contributed by atoms with van der Waals surface area (Å²) in [5.41, 5.74) is 0. The highest BCUT2D eigenvalue weighted by atomic mass is 16.4. The minimum absolute atomic E-state index is 0.230. The van der Waals surface area contributed by atoms with Crippen molar-refractivity contribution >= 4 is 17.7 Å². The van der Waals surface area contributed by atoms with Crippen LogP contribution in [0.15, 0.2) is 0 Å².